The second-order valence-corrected chi connectivity index (χ2v) is 7.99. The first-order chi connectivity index (χ1) is 15.2. The van der Waals surface area contributed by atoms with Gasteiger partial charge in [0.25, 0.3) is 5.91 Å². The largest absolute Gasteiger partial charge is 0.457 e. The number of rotatable bonds is 5. The predicted molar refractivity (Wildman–Crippen MR) is 119 cm³/mol. The van der Waals surface area contributed by atoms with Crippen molar-refractivity contribution >= 4 is 5.91 Å². The van der Waals surface area contributed by atoms with Crippen LogP contribution in [0.4, 0.5) is 0 Å². The molecule has 0 aromatic heterocycles. The van der Waals surface area contributed by atoms with E-state index in [1.54, 1.807) is 0 Å². The summed E-state index contributed by atoms with van der Waals surface area (Å²) in [6, 6.07) is 25.8. The highest BCUT2D eigenvalue weighted by Crippen LogP contribution is 2.42. The molecule has 0 N–H and O–H groups in total. The second kappa shape index (κ2) is 7.81. The molecule has 2 saturated heterocycles. The lowest BCUT2D eigenvalue weighted by molar-refractivity contribution is 0.0828. The van der Waals surface area contributed by atoms with E-state index in [-0.39, 0.29) is 24.0 Å². The maximum atomic E-state index is 13.0. The molecule has 3 aromatic carbocycles. The molecule has 3 atom stereocenters. The fraction of sp³-hybridized carbons (Fsp3) is 0.231. The summed E-state index contributed by atoms with van der Waals surface area (Å²) in [6.45, 7) is 2.72. The number of hydrogen-bond donors (Lipinski definition) is 0. The van der Waals surface area contributed by atoms with Gasteiger partial charge in [-0.15, -0.1) is 0 Å². The van der Waals surface area contributed by atoms with Crippen molar-refractivity contribution in [2.24, 2.45) is 0 Å². The summed E-state index contributed by atoms with van der Waals surface area (Å²) >= 11 is 0. The number of para-hydroxylation sites is 2. The first-order valence-electron chi connectivity index (χ1n) is 10.6. The zero-order valence-corrected chi connectivity index (χ0v) is 17.3. The number of ether oxygens (including phenoxy) is 1. The molecule has 31 heavy (non-hydrogen) atoms. The van der Waals surface area contributed by atoms with Gasteiger partial charge in [0.05, 0.1) is 24.7 Å². The minimum absolute atomic E-state index is 0.0476. The average Bonchev–Trinajstić information content (AvgIpc) is 3.40. The van der Waals surface area contributed by atoms with Crippen LogP contribution in [0, 0.1) is 11.5 Å². The molecule has 0 saturated carbocycles. The molecule has 1 amide bonds. The zero-order valence-electron chi connectivity index (χ0n) is 17.3. The summed E-state index contributed by atoms with van der Waals surface area (Å²) in [4.78, 5) is 16.8. The monoisotopic (exact) mass is 409 g/mol. The number of nitrogens with zero attached hydrogens (tertiary/aromatic N) is 3. The van der Waals surface area contributed by atoms with Crippen molar-refractivity contribution in [2.75, 3.05) is 6.54 Å². The molecule has 3 aromatic rings. The van der Waals surface area contributed by atoms with Gasteiger partial charge in [0.2, 0.25) is 0 Å². The van der Waals surface area contributed by atoms with E-state index in [4.69, 9.17) is 4.74 Å². The number of likely N-dealkylation sites (tertiary alicyclic amines) is 1. The molecular formula is C26H23N3O2. The molecule has 2 heterocycles. The van der Waals surface area contributed by atoms with Crippen LogP contribution < -0.4 is 4.74 Å². The van der Waals surface area contributed by atoms with E-state index in [0.717, 1.165) is 29.0 Å². The van der Waals surface area contributed by atoms with Gasteiger partial charge in [0.1, 0.15) is 11.5 Å². The van der Waals surface area contributed by atoms with Gasteiger partial charge < -0.3 is 14.5 Å². The van der Waals surface area contributed by atoms with Gasteiger partial charge in [-0.1, -0.05) is 55.5 Å². The Balaban J connectivity index is 1.34. The third-order valence-corrected chi connectivity index (χ3v) is 6.24. The van der Waals surface area contributed by atoms with E-state index in [1.165, 1.54) is 0 Å². The van der Waals surface area contributed by atoms with Crippen LogP contribution in [0.25, 0.3) is 11.1 Å². The molecule has 0 spiro atoms. The molecule has 2 unspecified atom stereocenters. The number of carbonyl (C=O) groups excluding carboxylic acids is 1. The Labute approximate surface area is 182 Å². The number of nitriles is 1. The molecule has 154 valence electrons. The Hall–Kier alpha value is -3.78. The fourth-order valence-electron chi connectivity index (χ4n) is 4.67. The highest BCUT2D eigenvalue weighted by molar-refractivity contribution is 5.97. The second-order valence-electron chi connectivity index (χ2n) is 7.99. The van der Waals surface area contributed by atoms with Gasteiger partial charge in [-0.05, 0) is 42.3 Å². The number of benzene rings is 3. The van der Waals surface area contributed by atoms with Crippen molar-refractivity contribution in [1.82, 2.24) is 9.80 Å². The predicted octanol–water partition coefficient (Wildman–Crippen LogP) is 4.91. The Morgan fingerprint density at radius 2 is 1.74 bits per heavy atom. The Morgan fingerprint density at radius 1 is 1.03 bits per heavy atom. The quantitative estimate of drug-likeness (QED) is 0.444. The van der Waals surface area contributed by atoms with Crippen LogP contribution in [0.3, 0.4) is 0 Å². The van der Waals surface area contributed by atoms with Gasteiger partial charge in [0, 0.05) is 11.1 Å². The van der Waals surface area contributed by atoms with Crippen molar-refractivity contribution in [3.8, 4) is 28.8 Å². The van der Waals surface area contributed by atoms with Crippen molar-refractivity contribution in [3.63, 3.8) is 0 Å². The SMILES string of the molecule is CCC1[C@H]2C(CN1C#N)N2C(=O)c1ccc(-c2ccccc2Oc2ccccc2)cc1. The molecule has 2 aliphatic heterocycles. The summed E-state index contributed by atoms with van der Waals surface area (Å²) in [5.74, 6) is 1.61. The van der Waals surface area contributed by atoms with E-state index < -0.39 is 0 Å². The van der Waals surface area contributed by atoms with E-state index in [0.29, 0.717) is 12.1 Å². The van der Waals surface area contributed by atoms with Crippen LogP contribution in [0.15, 0.2) is 78.9 Å². The summed E-state index contributed by atoms with van der Waals surface area (Å²) in [6.07, 6.45) is 3.13. The van der Waals surface area contributed by atoms with Crippen molar-refractivity contribution in [2.45, 2.75) is 31.5 Å². The lowest BCUT2D eigenvalue weighted by Crippen LogP contribution is -2.36. The van der Waals surface area contributed by atoms with E-state index in [1.807, 2.05) is 88.7 Å². The van der Waals surface area contributed by atoms with Crippen LogP contribution in [0.1, 0.15) is 23.7 Å². The summed E-state index contributed by atoms with van der Waals surface area (Å²) in [5.41, 5.74) is 2.65. The van der Waals surface area contributed by atoms with Crippen LogP contribution in [-0.2, 0) is 0 Å². The maximum absolute atomic E-state index is 13.0. The minimum Gasteiger partial charge on any atom is -0.457 e. The van der Waals surface area contributed by atoms with Gasteiger partial charge in [-0.25, -0.2) is 0 Å². The minimum atomic E-state index is 0.0476. The van der Waals surface area contributed by atoms with E-state index >= 15 is 0 Å². The molecule has 5 nitrogen and oxygen atoms in total. The number of piperazine rings is 1. The Bertz CT molecular complexity index is 1140. The normalized spacial score (nSPS) is 21.4. The topological polar surface area (TPSA) is 56.3 Å². The molecule has 0 aliphatic carbocycles. The van der Waals surface area contributed by atoms with Crippen LogP contribution in [0.5, 0.6) is 11.5 Å². The third-order valence-electron chi connectivity index (χ3n) is 6.24. The van der Waals surface area contributed by atoms with Gasteiger partial charge >= 0.3 is 0 Å². The average molecular weight is 409 g/mol. The molecule has 5 heteroatoms. The van der Waals surface area contributed by atoms with Crippen molar-refractivity contribution < 1.29 is 9.53 Å². The Morgan fingerprint density at radius 3 is 2.45 bits per heavy atom. The first-order valence-corrected chi connectivity index (χ1v) is 10.6. The fourth-order valence-corrected chi connectivity index (χ4v) is 4.67. The summed E-state index contributed by atoms with van der Waals surface area (Å²) in [7, 11) is 0. The smallest absolute Gasteiger partial charge is 0.254 e. The molecule has 2 fully saturated rings. The van der Waals surface area contributed by atoms with Crippen molar-refractivity contribution in [1.29, 1.82) is 5.26 Å². The molecule has 0 bridgehead atoms. The lowest BCUT2D eigenvalue weighted by atomic mass is 10.0. The number of amides is 1. The highest BCUT2D eigenvalue weighted by Gasteiger charge is 2.61. The van der Waals surface area contributed by atoms with Gasteiger partial charge in [-0.2, -0.15) is 5.26 Å². The van der Waals surface area contributed by atoms with E-state index in [2.05, 4.69) is 13.1 Å². The summed E-state index contributed by atoms with van der Waals surface area (Å²) in [5, 5.41) is 9.26. The number of hydrogen-bond acceptors (Lipinski definition) is 4. The van der Waals surface area contributed by atoms with Crippen LogP contribution in [-0.4, -0.2) is 40.4 Å². The summed E-state index contributed by atoms with van der Waals surface area (Å²) < 4.78 is 6.08. The molecule has 0 radical (unpaired) electrons. The molecule has 2 aliphatic rings. The zero-order chi connectivity index (χ0) is 21.4. The van der Waals surface area contributed by atoms with Crippen molar-refractivity contribution in [3.05, 3.63) is 84.4 Å². The Kier molecular flexibility index (Phi) is 4.83. The highest BCUT2D eigenvalue weighted by atomic mass is 16.5. The molecule has 5 rings (SSSR count). The number of carbonyl (C=O) groups is 1. The van der Waals surface area contributed by atoms with Gasteiger partial charge in [-0.3, -0.25) is 4.79 Å². The lowest BCUT2D eigenvalue weighted by Gasteiger charge is -2.23. The third kappa shape index (κ3) is 3.40. The molecular weight excluding hydrogens is 386 g/mol. The van der Waals surface area contributed by atoms with Gasteiger partial charge in [0.15, 0.2) is 6.19 Å². The first kappa shape index (κ1) is 19.2. The van der Waals surface area contributed by atoms with E-state index in [9.17, 15) is 10.1 Å². The maximum Gasteiger partial charge on any atom is 0.254 e. The standard InChI is InChI=1S/C26H23N3O2/c1-2-22-25-23(16-28(22)17-27)29(25)26(30)19-14-12-18(13-15-19)21-10-6-7-11-24(21)31-20-8-4-3-5-9-20/h3-15,22-23,25H,2,16H2,1H3/t22?,23?,25-,29?/m0/s1. The van der Waals surface area contributed by atoms with Crippen LogP contribution in [0.2, 0.25) is 0 Å². The number of fused-ring (bicyclic) bond motifs is 1. The van der Waals surface area contributed by atoms with Crippen LogP contribution >= 0.6 is 0 Å².